The first-order chi connectivity index (χ1) is 11.0. The van der Waals surface area contributed by atoms with E-state index in [2.05, 4.69) is 10.6 Å². The lowest BCUT2D eigenvalue weighted by Crippen LogP contribution is -2.46. The van der Waals surface area contributed by atoms with E-state index in [0.29, 0.717) is 37.2 Å². The molecule has 0 atom stereocenters. The molecule has 1 aliphatic rings. The second-order valence-corrected chi connectivity index (χ2v) is 5.54. The van der Waals surface area contributed by atoms with E-state index in [1.54, 1.807) is 18.2 Å². The summed E-state index contributed by atoms with van der Waals surface area (Å²) in [4.78, 5) is 35.4. The molecule has 0 spiro atoms. The maximum absolute atomic E-state index is 12.2. The molecular formula is C16H20N2O5. The van der Waals surface area contributed by atoms with Gasteiger partial charge in [-0.1, -0.05) is 6.07 Å². The summed E-state index contributed by atoms with van der Waals surface area (Å²) in [6.07, 6.45) is 0.724. The Labute approximate surface area is 134 Å². The van der Waals surface area contributed by atoms with Gasteiger partial charge in [-0.3, -0.25) is 14.4 Å². The summed E-state index contributed by atoms with van der Waals surface area (Å²) in [5.41, 5.74) is -0.301. The van der Waals surface area contributed by atoms with Gasteiger partial charge in [-0.15, -0.1) is 0 Å². The smallest absolute Gasteiger partial charge is 0.311 e. The largest absolute Gasteiger partial charge is 0.481 e. The lowest BCUT2D eigenvalue weighted by Gasteiger charge is -2.33. The number of carbonyl (C=O) groups is 3. The number of hydrogen-bond acceptors (Lipinski definition) is 4. The number of amides is 2. The molecule has 7 nitrogen and oxygen atoms in total. The first-order valence-corrected chi connectivity index (χ1v) is 7.40. The SMILES string of the molecule is CNC(=O)c1cccc(C(=O)NCC2(C(=O)O)CCOCC2)c1. The van der Waals surface area contributed by atoms with Crippen LogP contribution in [0, 0.1) is 5.41 Å². The zero-order valence-corrected chi connectivity index (χ0v) is 12.9. The molecule has 0 unspecified atom stereocenters. The summed E-state index contributed by atoms with van der Waals surface area (Å²) >= 11 is 0. The van der Waals surface area contributed by atoms with Crippen molar-refractivity contribution in [2.45, 2.75) is 12.8 Å². The predicted octanol–water partition coefficient (Wildman–Crippen LogP) is 0.657. The first-order valence-electron chi connectivity index (χ1n) is 7.40. The molecule has 1 fully saturated rings. The number of carboxylic acids is 1. The summed E-state index contributed by atoms with van der Waals surface area (Å²) < 4.78 is 5.20. The van der Waals surface area contributed by atoms with Gasteiger partial charge in [0, 0.05) is 37.9 Å². The lowest BCUT2D eigenvalue weighted by atomic mass is 9.80. The fourth-order valence-corrected chi connectivity index (χ4v) is 2.53. The minimum atomic E-state index is -0.994. The van der Waals surface area contributed by atoms with Crippen molar-refractivity contribution in [3.05, 3.63) is 35.4 Å². The molecule has 0 aromatic heterocycles. The van der Waals surface area contributed by atoms with Crippen LogP contribution in [0.3, 0.4) is 0 Å². The van der Waals surface area contributed by atoms with E-state index in [-0.39, 0.29) is 12.5 Å². The number of aliphatic carboxylic acids is 1. The molecule has 1 aliphatic heterocycles. The van der Waals surface area contributed by atoms with Crippen LogP contribution < -0.4 is 10.6 Å². The number of rotatable bonds is 5. The van der Waals surface area contributed by atoms with E-state index >= 15 is 0 Å². The molecule has 1 saturated heterocycles. The molecule has 0 saturated carbocycles. The summed E-state index contributed by atoms with van der Waals surface area (Å²) in [5.74, 6) is -1.62. The van der Waals surface area contributed by atoms with Crippen LogP contribution >= 0.6 is 0 Å². The van der Waals surface area contributed by atoms with Crippen molar-refractivity contribution in [3.63, 3.8) is 0 Å². The zero-order valence-electron chi connectivity index (χ0n) is 12.9. The third-order valence-electron chi connectivity index (χ3n) is 4.10. The minimum Gasteiger partial charge on any atom is -0.481 e. The summed E-state index contributed by atoms with van der Waals surface area (Å²) in [6, 6.07) is 6.28. The van der Waals surface area contributed by atoms with E-state index in [0.717, 1.165) is 0 Å². The third kappa shape index (κ3) is 3.87. The molecule has 2 amide bonds. The van der Waals surface area contributed by atoms with Crippen molar-refractivity contribution in [1.82, 2.24) is 10.6 Å². The van der Waals surface area contributed by atoms with E-state index in [1.807, 2.05) is 0 Å². The fraction of sp³-hybridized carbons (Fsp3) is 0.438. The van der Waals surface area contributed by atoms with Crippen molar-refractivity contribution < 1.29 is 24.2 Å². The van der Waals surface area contributed by atoms with Crippen LogP contribution in [0.2, 0.25) is 0 Å². The molecule has 3 N–H and O–H groups in total. The van der Waals surface area contributed by atoms with Gasteiger partial charge in [-0.25, -0.2) is 0 Å². The van der Waals surface area contributed by atoms with Crippen molar-refractivity contribution in [3.8, 4) is 0 Å². The van der Waals surface area contributed by atoms with Crippen LogP contribution in [-0.2, 0) is 9.53 Å². The van der Waals surface area contributed by atoms with Crippen LogP contribution in [0.4, 0.5) is 0 Å². The highest BCUT2D eigenvalue weighted by Crippen LogP contribution is 2.30. The Balaban J connectivity index is 2.06. The van der Waals surface area contributed by atoms with Crippen LogP contribution in [0.25, 0.3) is 0 Å². The van der Waals surface area contributed by atoms with Gasteiger partial charge in [0.1, 0.15) is 0 Å². The second kappa shape index (κ2) is 7.23. The van der Waals surface area contributed by atoms with Crippen molar-refractivity contribution >= 4 is 17.8 Å². The van der Waals surface area contributed by atoms with Crippen molar-refractivity contribution in [2.75, 3.05) is 26.8 Å². The Bertz CT molecular complexity index is 608. The highest BCUT2D eigenvalue weighted by molar-refractivity contribution is 5.99. The average Bonchev–Trinajstić information content (AvgIpc) is 2.59. The van der Waals surface area contributed by atoms with Gasteiger partial charge in [-0.2, -0.15) is 0 Å². The number of benzene rings is 1. The van der Waals surface area contributed by atoms with E-state index in [1.165, 1.54) is 13.1 Å². The molecule has 124 valence electrons. The Kier molecular flexibility index (Phi) is 5.33. The van der Waals surface area contributed by atoms with Crippen LogP contribution in [-0.4, -0.2) is 49.7 Å². The summed E-state index contributed by atoms with van der Waals surface area (Å²) in [7, 11) is 1.51. The standard InChI is InChI=1S/C16H20N2O5/c1-17-13(19)11-3-2-4-12(9-11)14(20)18-10-16(15(21)22)5-7-23-8-6-16/h2-4,9H,5-8,10H2,1H3,(H,17,19)(H,18,20)(H,21,22). The third-order valence-corrected chi connectivity index (χ3v) is 4.10. The maximum atomic E-state index is 12.2. The van der Waals surface area contributed by atoms with Gasteiger partial charge < -0.3 is 20.5 Å². The number of nitrogens with one attached hydrogen (secondary N) is 2. The van der Waals surface area contributed by atoms with Crippen molar-refractivity contribution in [1.29, 1.82) is 0 Å². The second-order valence-electron chi connectivity index (χ2n) is 5.54. The molecular weight excluding hydrogens is 300 g/mol. The first kappa shape index (κ1) is 17.0. The van der Waals surface area contributed by atoms with Gasteiger partial charge in [0.2, 0.25) is 0 Å². The molecule has 7 heteroatoms. The quantitative estimate of drug-likeness (QED) is 0.739. The van der Waals surface area contributed by atoms with E-state index in [4.69, 9.17) is 4.74 Å². The highest BCUT2D eigenvalue weighted by atomic mass is 16.5. The lowest BCUT2D eigenvalue weighted by molar-refractivity contribution is -0.154. The normalized spacial score (nSPS) is 16.4. The molecule has 1 aromatic rings. The number of hydrogen-bond donors (Lipinski definition) is 3. The van der Waals surface area contributed by atoms with Gasteiger partial charge in [0.25, 0.3) is 11.8 Å². The van der Waals surface area contributed by atoms with E-state index < -0.39 is 17.3 Å². The Hall–Kier alpha value is -2.41. The molecule has 1 heterocycles. The molecule has 1 aromatic carbocycles. The number of ether oxygens (including phenoxy) is 1. The Morgan fingerprint density at radius 3 is 2.35 bits per heavy atom. The molecule has 2 rings (SSSR count). The Morgan fingerprint density at radius 2 is 1.78 bits per heavy atom. The number of carboxylic acid groups (broad SMARTS) is 1. The minimum absolute atomic E-state index is 0.0364. The van der Waals surface area contributed by atoms with Crippen molar-refractivity contribution in [2.24, 2.45) is 5.41 Å². The van der Waals surface area contributed by atoms with Gasteiger partial charge in [0.15, 0.2) is 0 Å². The van der Waals surface area contributed by atoms with Crippen LogP contribution in [0.1, 0.15) is 33.6 Å². The number of carbonyl (C=O) groups excluding carboxylic acids is 2. The topological polar surface area (TPSA) is 105 Å². The molecule has 0 radical (unpaired) electrons. The average molecular weight is 320 g/mol. The van der Waals surface area contributed by atoms with Crippen LogP contribution in [0.15, 0.2) is 24.3 Å². The van der Waals surface area contributed by atoms with E-state index in [9.17, 15) is 19.5 Å². The highest BCUT2D eigenvalue weighted by Gasteiger charge is 2.40. The monoisotopic (exact) mass is 320 g/mol. The summed E-state index contributed by atoms with van der Waals surface area (Å²) in [5, 5.41) is 14.6. The molecule has 0 aliphatic carbocycles. The van der Waals surface area contributed by atoms with Gasteiger partial charge in [0.05, 0.1) is 5.41 Å². The molecule has 23 heavy (non-hydrogen) atoms. The summed E-state index contributed by atoms with van der Waals surface area (Å²) in [6.45, 7) is 0.775. The van der Waals surface area contributed by atoms with Crippen LogP contribution in [0.5, 0.6) is 0 Å². The maximum Gasteiger partial charge on any atom is 0.311 e. The Morgan fingerprint density at radius 1 is 1.17 bits per heavy atom. The predicted molar refractivity (Wildman–Crippen MR) is 82.3 cm³/mol. The zero-order chi connectivity index (χ0) is 16.9. The molecule has 0 bridgehead atoms. The van der Waals surface area contributed by atoms with Gasteiger partial charge in [-0.05, 0) is 31.0 Å². The van der Waals surface area contributed by atoms with Gasteiger partial charge >= 0.3 is 5.97 Å². The fourth-order valence-electron chi connectivity index (χ4n) is 2.53.